The van der Waals surface area contributed by atoms with E-state index in [2.05, 4.69) is 5.32 Å². The van der Waals surface area contributed by atoms with Gasteiger partial charge in [-0.15, -0.1) is 11.3 Å². The third-order valence-electron chi connectivity index (χ3n) is 4.48. The molecule has 0 saturated carbocycles. The molecular weight excluding hydrogens is 369 g/mol. The average molecular weight is 389 g/mol. The molecule has 27 heavy (non-hydrogen) atoms. The molecule has 3 rings (SSSR count). The minimum absolute atomic E-state index is 0.0168. The van der Waals surface area contributed by atoms with Crippen molar-refractivity contribution in [2.24, 2.45) is 0 Å². The maximum atomic E-state index is 13.6. The number of amides is 1. The van der Waals surface area contributed by atoms with Gasteiger partial charge in [0.15, 0.2) is 0 Å². The summed E-state index contributed by atoms with van der Waals surface area (Å²) >= 11 is 1.20. The van der Waals surface area contributed by atoms with E-state index in [0.717, 1.165) is 11.0 Å². The molecule has 1 aromatic carbocycles. The summed E-state index contributed by atoms with van der Waals surface area (Å²) in [6.07, 6.45) is 0.767. The quantitative estimate of drug-likeness (QED) is 0.729. The molecule has 0 bridgehead atoms. The molecule has 0 spiro atoms. The first-order valence-electron chi connectivity index (χ1n) is 8.62. The number of nitrogens with zero attached hydrogens (tertiary/aromatic N) is 2. The van der Waals surface area contributed by atoms with Crippen molar-refractivity contribution in [3.05, 3.63) is 61.9 Å². The summed E-state index contributed by atoms with van der Waals surface area (Å²) in [4.78, 5) is 38.2. The summed E-state index contributed by atoms with van der Waals surface area (Å²) < 4.78 is 16.2. The van der Waals surface area contributed by atoms with Crippen molar-refractivity contribution in [3.63, 3.8) is 0 Å². The number of nitrogens with one attached hydrogen (secondary N) is 1. The zero-order chi connectivity index (χ0) is 19.7. The second kappa shape index (κ2) is 7.48. The van der Waals surface area contributed by atoms with Crippen LogP contribution in [-0.2, 0) is 11.3 Å². The molecule has 0 aliphatic carbocycles. The molecular formula is C19H20FN3O3S. The van der Waals surface area contributed by atoms with Gasteiger partial charge < -0.3 is 5.32 Å². The van der Waals surface area contributed by atoms with Gasteiger partial charge in [-0.25, -0.2) is 13.8 Å². The Hall–Kier alpha value is -2.74. The molecule has 8 heteroatoms. The van der Waals surface area contributed by atoms with Gasteiger partial charge in [-0.3, -0.25) is 14.2 Å². The van der Waals surface area contributed by atoms with Crippen LogP contribution in [-0.4, -0.2) is 21.1 Å². The van der Waals surface area contributed by atoms with Crippen molar-refractivity contribution < 1.29 is 9.18 Å². The van der Waals surface area contributed by atoms with E-state index in [0.29, 0.717) is 15.8 Å². The summed E-state index contributed by atoms with van der Waals surface area (Å²) in [6, 6.07) is 5.68. The summed E-state index contributed by atoms with van der Waals surface area (Å²) in [5.41, 5.74) is -0.0865. The van der Waals surface area contributed by atoms with Crippen LogP contribution in [0.2, 0.25) is 0 Å². The van der Waals surface area contributed by atoms with Gasteiger partial charge in [-0.1, -0.05) is 6.92 Å². The first kappa shape index (κ1) is 19.0. The zero-order valence-corrected chi connectivity index (χ0v) is 16.1. The van der Waals surface area contributed by atoms with Crippen LogP contribution < -0.4 is 16.6 Å². The normalized spacial score (nSPS) is 12.3. The Morgan fingerprint density at radius 1 is 1.30 bits per heavy atom. The van der Waals surface area contributed by atoms with E-state index < -0.39 is 17.1 Å². The molecule has 2 aromatic heterocycles. The molecule has 0 radical (unpaired) electrons. The summed E-state index contributed by atoms with van der Waals surface area (Å²) in [5.74, 6) is -0.725. The van der Waals surface area contributed by atoms with Crippen molar-refractivity contribution in [3.8, 4) is 5.69 Å². The Kier molecular flexibility index (Phi) is 5.27. The Bertz CT molecular complexity index is 1130. The molecule has 0 aliphatic heterocycles. The Labute approximate surface area is 158 Å². The second-order valence-electron chi connectivity index (χ2n) is 6.45. The molecule has 6 nitrogen and oxygen atoms in total. The third-order valence-corrected chi connectivity index (χ3v) is 5.37. The fraction of sp³-hybridized carbons (Fsp3) is 0.316. The summed E-state index contributed by atoms with van der Waals surface area (Å²) in [7, 11) is 0. The lowest BCUT2D eigenvalue weighted by atomic mass is 10.2. The van der Waals surface area contributed by atoms with Crippen molar-refractivity contribution in [2.75, 3.05) is 0 Å². The predicted molar refractivity (Wildman–Crippen MR) is 104 cm³/mol. The number of carbonyl (C=O) groups is 1. The number of hydrogen-bond donors (Lipinski definition) is 1. The highest BCUT2D eigenvalue weighted by Crippen LogP contribution is 2.17. The summed E-state index contributed by atoms with van der Waals surface area (Å²) in [6.45, 7) is 5.19. The van der Waals surface area contributed by atoms with Gasteiger partial charge in [0.25, 0.3) is 5.56 Å². The molecule has 1 atom stereocenters. The van der Waals surface area contributed by atoms with Crippen molar-refractivity contribution in [1.82, 2.24) is 14.5 Å². The Balaban J connectivity index is 2.18. The highest BCUT2D eigenvalue weighted by Gasteiger charge is 2.18. The lowest BCUT2D eigenvalue weighted by Gasteiger charge is -2.15. The van der Waals surface area contributed by atoms with Crippen LogP contribution in [0.1, 0.15) is 25.8 Å². The standard InChI is InChI=1S/C19H20FN3O3S/c1-4-12(3)21-16(24)10-22-15-7-8-27-17(15)18(25)23(19(22)26)13-5-6-14(20)11(2)9-13/h5-9,12H,4,10H2,1-3H3,(H,21,24). The number of aromatic nitrogens is 2. The van der Waals surface area contributed by atoms with E-state index >= 15 is 0 Å². The maximum absolute atomic E-state index is 13.6. The number of carbonyl (C=O) groups excluding carboxylic acids is 1. The van der Waals surface area contributed by atoms with E-state index in [-0.39, 0.29) is 24.2 Å². The van der Waals surface area contributed by atoms with Crippen LogP contribution in [0, 0.1) is 12.7 Å². The van der Waals surface area contributed by atoms with Crippen LogP contribution >= 0.6 is 11.3 Å². The fourth-order valence-electron chi connectivity index (χ4n) is 2.80. The van der Waals surface area contributed by atoms with E-state index in [9.17, 15) is 18.8 Å². The lowest BCUT2D eigenvalue weighted by Crippen LogP contribution is -2.42. The molecule has 2 heterocycles. The molecule has 0 fully saturated rings. The average Bonchev–Trinajstić information content (AvgIpc) is 3.11. The second-order valence-corrected chi connectivity index (χ2v) is 7.37. The van der Waals surface area contributed by atoms with Crippen LogP contribution in [0.25, 0.3) is 15.9 Å². The van der Waals surface area contributed by atoms with E-state index in [1.54, 1.807) is 18.4 Å². The van der Waals surface area contributed by atoms with Crippen LogP contribution in [0.5, 0.6) is 0 Å². The number of fused-ring (bicyclic) bond motifs is 1. The number of halogens is 1. The summed E-state index contributed by atoms with van der Waals surface area (Å²) in [5, 5.41) is 4.52. The first-order chi connectivity index (χ1) is 12.8. The van der Waals surface area contributed by atoms with Crippen LogP contribution in [0.3, 0.4) is 0 Å². The van der Waals surface area contributed by atoms with Crippen LogP contribution in [0.15, 0.2) is 39.2 Å². The Morgan fingerprint density at radius 2 is 2.04 bits per heavy atom. The highest BCUT2D eigenvalue weighted by molar-refractivity contribution is 7.17. The molecule has 3 aromatic rings. The van der Waals surface area contributed by atoms with Gasteiger partial charge in [-0.05, 0) is 55.5 Å². The highest BCUT2D eigenvalue weighted by atomic mass is 32.1. The SMILES string of the molecule is CCC(C)NC(=O)Cn1c(=O)n(-c2ccc(F)c(C)c2)c(=O)c2sccc21. The van der Waals surface area contributed by atoms with E-state index in [1.165, 1.54) is 34.1 Å². The molecule has 0 saturated heterocycles. The van der Waals surface area contributed by atoms with Gasteiger partial charge in [-0.2, -0.15) is 0 Å². The topological polar surface area (TPSA) is 73.1 Å². The molecule has 0 aliphatic rings. The molecule has 1 amide bonds. The van der Waals surface area contributed by atoms with Gasteiger partial charge in [0.2, 0.25) is 5.91 Å². The van der Waals surface area contributed by atoms with Crippen molar-refractivity contribution >= 4 is 27.5 Å². The molecule has 1 unspecified atom stereocenters. The van der Waals surface area contributed by atoms with Gasteiger partial charge in [0, 0.05) is 6.04 Å². The van der Waals surface area contributed by atoms with Gasteiger partial charge in [0.1, 0.15) is 17.1 Å². The first-order valence-corrected chi connectivity index (χ1v) is 9.50. The number of thiophene rings is 1. The predicted octanol–water partition coefficient (Wildman–Crippen LogP) is 2.58. The van der Waals surface area contributed by atoms with E-state index in [1.807, 2.05) is 13.8 Å². The van der Waals surface area contributed by atoms with Crippen LogP contribution in [0.4, 0.5) is 4.39 Å². The molecule has 1 N–H and O–H groups in total. The number of rotatable bonds is 5. The zero-order valence-electron chi connectivity index (χ0n) is 15.3. The minimum Gasteiger partial charge on any atom is -0.352 e. The van der Waals surface area contributed by atoms with Gasteiger partial charge in [0.05, 0.1) is 11.2 Å². The van der Waals surface area contributed by atoms with Crippen molar-refractivity contribution in [1.29, 1.82) is 0 Å². The van der Waals surface area contributed by atoms with E-state index in [4.69, 9.17) is 0 Å². The van der Waals surface area contributed by atoms with Crippen molar-refractivity contribution in [2.45, 2.75) is 39.8 Å². The number of hydrogen-bond acceptors (Lipinski definition) is 4. The third kappa shape index (κ3) is 3.57. The largest absolute Gasteiger partial charge is 0.352 e. The lowest BCUT2D eigenvalue weighted by molar-refractivity contribution is -0.122. The fourth-order valence-corrected chi connectivity index (χ4v) is 3.63. The monoisotopic (exact) mass is 389 g/mol. The maximum Gasteiger partial charge on any atom is 0.336 e. The smallest absolute Gasteiger partial charge is 0.336 e. The Morgan fingerprint density at radius 3 is 2.70 bits per heavy atom. The number of aryl methyl sites for hydroxylation is 1. The van der Waals surface area contributed by atoms with Gasteiger partial charge >= 0.3 is 5.69 Å². The minimum atomic E-state index is -0.629. The number of benzene rings is 1. The molecule has 142 valence electrons.